The summed E-state index contributed by atoms with van der Waals surface area (Å²) < 4.78 is 0. The third-order valence-corrected chi connectivity index (χ3v) is 3.92. The Hall–Kier alpha value is -2.66. The molecule has 0 aliphatic rings. The lowest BCUT2D eigenvalue weighted by Gasteiger charge is -2.21. The predicted octanol–water partition coefficient (Wildman–Crippen LogP) is 2.50. The van der Waals surface area contributed by atoms with E-state index >= 15 is 0 Å². The normalized spacial score (nSPS) is 11.8. The quantitative estimate of drug-likeness (QED) is 0.855. The molecule has 0 bridgehead atoms. The third-order valence-electron chi connectivity index (χ3n) is 3.92. The summed E-state index contributed by atoms with van der Waals surface area (Å²) in [4.78, 5) is 25.4. The van der Waals surface area contributed by atoms with Gasteiger partial charge in [-0.05, 0) is 49.2 Å². The zero-order valence-electron chi connectivity index (χ0n) is 13.9. The van der Waals surface area contributed by atoms with Gasteiger partial charge in [0, 0.05) is 24.2 Å². The maximum absolute atomic E-state index is 12.6. The molecular formula is C19H22N2O3. The number of amides is 2. The molecule has 0 aromatic heterocycles. The smallest absolute Gasteiger partial charge is 0.254 e. The fourth-order valence-electron chi connectivity index (χ4n) is 2.41. The van der Waals surface area contributed by atoms with E-state index in [1.807, 2.05) is 6.92 Å². The number of nitrogens with two attached hydrogens (primary N) is 1. The highest BCUT2D eigenvalue weighted by Gasteiger charge is 2.15. The van der Waals surface area contributed by atoms with Crippen LogP contribution in [0.3, 0.4) is 0 Å². The Balaban J connectivity index is 2.12. The highest BCUT2D eigenvalue weighted by atomic mass is 16.3. The molecular weight excluding hydrogens is 304 g/mol. The van der Waals surface area contributed by atoms with Crippen LogP contribution in [0.15, 0.2) is 48.5 Å². The molecule has 24 heavy (non-hydrogen) atoms. The van der Waals surface area contributed by atoms with Gasteiger partial charge in [-0.2, -0.15) is 0 Å². The Morgan fingerprint density at radius 3 is 2.04 bits per heavy atom. The van der Waals surface area contributed by atoms with Crippen molar-refractivity contribution in [1.82, 2.24) is 4.90 Å². The number of hydrogen-bond acceptors (Lipinski definition) is 3. The molecule has 126 valence electrons. The highest BCUT2D eigenvalue weighted by Crippen LogP contribution is 2.15. The van der Waals surface area contributed by atoms with Crippen molar-refractivity contribution in [3.05, 3.63) is 70.8 Å². The van der Waals surface area contributed by atoms with Crippen LogP contribution in [0.1, 0.15) is 51.8 Å². The molecule has 2 aromatic rings. The second-order valence-electron chi connectivity index (χ2n) is 5.68. The van der Waals surface area contributed by atoms with Crippen LogP contribution in [0, 0.1) is 0 Å². The molecule has 0 saturated carbocycles. The molecule has 2 amide bonds. The van der Waals surface area contributed by atoms with Crippen molar-refractivity contribution in [3.8, 4) is 0 Å². The van der Waals surface area contributed by atoms with Crippen LogP contribution in [0.4, 0.5) is 0 Å². The summed E-state index contributed by atoms with van der Waals surface area (Å²) in [6.07, 6.45) is -0.555. The number of primary amides is 1. The second-order valence-corrected chi connectivity index (χ2v) is 5.68. The molecule has 0 aliphatic heterocycles. The lowest BCUT2D eigenvalue weighted by molar-refractivity contribution is 0.0752. The predicted molar refractivity (Wildman–Crippen MR) is 92.5 cm³/mol. The minimum absolute atomic E-state index is 0.0754. The summed E-state index contributed by atoms with van der Waals surface area (Å²) in [5, 5.41) is 9.54. The van der Waals surface area contributed by atoms with Gasteiger partial charge >= 0.3 is 0 Å². The summed E-state index contributed by atoms with van der Waals surface area (Å²) in [6, 6.07) is 13.9. The van der Waals surface area contributed by atoms with Crippen LogP contribution in [-0.4, -0.2) is 28.4 Å². The van der Waals surface area contributed by atoms with Crippen molar-refractivity contribution >= 4 is 11.8 Å². The monoisotopic (exact) mass is 326 g/mol. The minimum Gasteiger partial charge on any atom is -0.389 e. The number of nitrogens with zero attached hydrogens (tertiary/aromatic N) is 1. The van der Waals surface area contributed by atoms with Crippen molar-refractivity contribution in [2.75, 3.05) is 6.54 Å². The number of carbonyl (C=O) groups excluding carboxylic acids is 2. The first-order chi connectivity index (χ1) is 11.4. The SMILES string of the molecule is CCN(Cc1ccc(C(N)=O)cc1)C(=O)c1ccc(C(C)O)cc1. The first-order valence-electron chi connectivity index (χ1n) is 7.88. The van der Waals surface area contributed by atoms with Gasteiger partial charge in [0.15, 0.2) is 0 Å². The standard InChI is InChI=1S/C19H22N2O3/c1-3-21(12-14-4-6-16(7-5-14)18(20)23)19(24)17-10-8-15(9-11-17)13(2)22/h4-11,13,22H,3,12H2,1-2H3,(H2,20,23). The molecule has 1 atom stereocenters. The number of aliphatic hydroxyl groups is 1. The van der Waals surface area contributed by atoms with E-state index in [9.17, 15) is 14.7 Å². The Kier molecular flexibility index (Phi) is 5.71. The molecule has 1 unspecified atom stereocenters. The molecule has 0 saturated heterocycles. The van der Waals surface area contributed by atoms with E-state index in [0.717, 1.165) is 11.1 Å². The van der Waals surface area contributed by atoms with Crippen LogP contribution in [0.25, 0.3) is 0 Å². The Bertz CT molecular complexity index is 706. The molecule has 0 heterocycles. The molecule has 5 heteroatoms. The first kappa shape index (κ1) is 17.7. The van der Waals surface area contributed by atoms with Gasteiger partial charge in [0.25, 0.3) is 5.91 Å². The number of carbonyl (C=O) groups is 2. The van der Waals surface area contributed by atoms with Crippen LogP contribution in [-0.2, 0) is 6.54 Å². The highest BCUT2D eigenvalue weighted by molar-refractivity contribution is 5.94. The number of benzene rings is 2. The summed E-state index contributed by atoms with van der Waals surface area (Å²) in [5.41, 5.74) is 7.95. The molecule has 0 spiro atoms. The zero-order chi connectivity index (χ0) is 17.7. The van der Waals surface area contributed by atoms with Gasteiger partial charge in [-0.3, -0.25) is 9.59 Å². The average molecular weight is 326 g/mol. The topological polar surface area (TPSA) is 83.6 Å². The molecule has 5 nitrogen and oxygen atoms in total. The van der Waals surface area contributed by atoms with Crippen LogP contribution < -0.4 is 5.73 Å². The summed E-state index contributed by atoms with van der Waals surface area (Å²) in [6.45, 7) is 4.62. The van der Waals surface area contributed by atoms with Gasteiger partial charge in [0.2, 0.25) is 5.91 Å². The molecule has 2 rings (SSSR count). The maximum atomic E-state index is 12.6. The van der Waals surface area contributed by atoms with E-state index in [-0.39, 0.29) is 5.91 Å². The van der Waals surface area contributed by atoms with Crippen molar-refractivity contribution in [2.24, 2.45) is 5.73 Å². The van der Waals surface area contributed by atoms with E-state index in [0.29, 0.717) is 24.2 Å². The van der Waals surface area contributed by atoms with Crippen molar-refractivity contribution < 1.29 is 14.7 Å². The first-order valence-corrected chi connectivity index (χ1v) is 7.88. The van der Waals surface area contributed by atoms with Gasteiger partial charge in [0.05, 0.1) is 6.10 Å². The second kappa shape index (κ2) is 7.75. The van der Waals surface area contributed by atoms with Crippen molar-refractivity contribution in [1.29, 1.82) is 0 Å². The largest absolute Gasteiger partial charge is 0.389 e. The lowest BCUT2D eigenvalue weighted by atomic mass is 10.1. The number of rotatable bonds is 6. The molecule has 0 fully saturated rings. The van der Waals surface area contributed by atoms with E-state index in [4.69, 9.17) is 5.73 Å². The summed E-state index contributed by atoms with van der Waals surface area (Å²) in [5.74, 6) is -0.545. The molecule has 2 aromatic carbocycles. The zero-order valence-corrected chi connectivity index (χ0v) is 13.9. The van der Waals surface area contributed by atoms with Gasteiger partial charge in [0.1, 0.15) is 0 Å². The van der Waals surface area contributed by atoms with Gasteiger partial charge in [-0.15, -0.1) is 0 Å². The minimum atomic E-state index is -0.555. The van der Waals surface area contributed by atoms with E-state index in [2.05, 4.69) is 0 Å². The molecule has 0 radical (unpaired) electrons. The van der Waals surface area contributed by atoms with Crippen molar-refractivity contribution in [2.45, 2.75) is 26.5 Å². The molecule has 3 N–H and O–H groups in total. The van der Waals surface area contributed by atoms with Crippen LogP contribution in [0.2, 0.25) is 0 Å². The van der Waals surface area contributed by atoms with Gasteiger partial charge in [-0.1, -0.05) is 24.3 Å². The summed E-state index contributed by atoms with van der Waals surface area (Å²) in [7, 11) is 0. The van der Waals surface area contributed by atoms with Crippen LogP contribution >= 0.6 is 0 Å². The summed E-state index contributed by atoms with van der Waals surface area (Å²) >= 11 is 0. The van der Waals surface area contributed by atoms with Gasteiger partial charge in [-0.25, -0.2) is 0 Å². The lowest BCUT2D eigenvalue weighted by Crippen LogP contribution is -2.30. The number of hydrogen-bond donors (Lipinski definition) is 2. The van der Waals surface area contributed by atoms with E-state index in [1.54, 1.807) is 60.4 Å². The van der Waals surface area contributed by atoms with E-state index < -0.39 is 12.0 Å². The van der Waals surface area contributed by atoms with E-state index in [1.165, 1.54) is 0 Å². The third kappa shape index (κ3) is 4.20. The van der Waals surface area contributed by atoms with Crippen LogP contribution in [0.5, 0.6) is 0 Å². The Morgan fingerprint density at radius 2 is 1.58 bits per heavy atom. The fraction of sp³-hybridized carbons (Fsp3) is 0.263. The number of aliphatic hydroxyl groups excluding tert-OH is 1. The average Bonchev–Trinajstić information content (AvgIpc) is 2.59. The molecule has 0 aliphatic carbocycles. The van der Waals surface area contributed by atoms with Gasteiger partial charge < -0.3 is 15.7 Å². The Morgan fingerprint density at radius 1 is 1.04 bits per heavy atom. The van der Waals surface area contributed by atoms with Crippen molar-refractivity contribution in [3.63, 3.8) is 0 Å². The fourth-order valence-corrected chi connectivity index (χ4v) is 2.41. The Labute approximate surface area is 141 Å². The maximum Gasteiger partial charge on any atom is 0.254 e.